The quantitative estimate of drug-likeness (QED) is 0.233. The monoisotopic (exact) mass is 412 g/mol. The molecule has 6 heteroatoms. The fourth-order valence-electron chi connectivity index (χ4n) is 4.02. The van der Waals surface area contributed by atoms with E-state index in [2.05, 4.69) is 6.58 Å². The van der Waals surface area contributed by atoms with Crippen LogP contribution in [0.4, 0.5) is 0 Å². The molecule has 0 aromatic heterocycles. The molecular formula is C23H40O6. The molecule has 0 radical (unpaired) electrons. The van der Waals surface area contributed by atoms with Crippen LogP contribution in [0.1, 0.15) is 77.0 Å². The predicted octanol–water partition coefficient (Wildman–Crippen LogP) is 4.76. The van der Waals surface area contributed by atoms with Crippen LogP contribution in [0, 0.1) is 5.41 Å². The smallest absolute Gasteiger partial charge is 0.315 e. The van der Waals surface area contributed by atoms with Gasteiger partial charge in [-0.15, -0.1) is 6.58 Å². The third kappa shape index (κ3) is 8.75. The van der Waals surface area contributed by atoms with Gasteiger partial charge in [-0.3, -0.25) is 4.79 Å². The first-order valence-electron chi connectivity index (χ1n) is 11.4. The summed E-state index contributed by atoms with van der Waals surface area (Å²) in [6, 6.07) is 0. The van der Waals surface area contributed by atoms with Crippen molar-refractivity contribution in [3.63, 3.8) is 0 Å². The molecule has 2 aliphatic rings. The Kier molecular flexibility index (Phi) is 11.8. The van der Waals surface area contributed by atoms with Gasteiger partial charge in [0.15, 0.2) is 12.6 Å². The number of carbonyl (C=O) groups excluding carboxylic acids is 1. The number of esters is 1. The number of carbonyl (C=O) groups is 1. The number of methoxy groups -OCH3 is 1. The van der Waals surface area contributed by atoms with Crippen LogP contribution < -0.4 is 0 Å². The van der Waals surface area contributed by atoms with Gasteiger partial charge in [0, 0.05) is 26.4 Å². The summed E-state index contributed by atoms with van der Waals surface area (Å²) < 4.78 is 27.9. The second-order valence-corrected chi connectivity index (χ2v) is 8.10. The fraction of sp³-hybridized carbons (Fsp3) is 0.870. The molecule has 0 aromatic rings. The molecule has 6 nitrogen and oxygen atoms in total. The Morgan fingerprint density at radius 2 is 1.45 bits per heavy atom. The molecule has 2 aliphatic heterocycles. The van der Waals surface area contributed by atoms with Crippen LogP contribution in [0.5, 0.6) is 0 Å². The Hall–Kier alpha value is -0.950. The molecule has 0 saturated carbocycles. The highest BCUT2D eigenvalue weighted by Crippen LogP contribution is 2.34. The van der Waals surface area contributed by atoms with E-state index >= 15 is 0 Å². The molecule has 2 unspecified atom stereocenters. The Morgan fingerprint density at radius 3 is 1.83 bits per heavy atom. The molecule has 0 bridgehead atoms. The number of hydrogen-bond acceptors (Lipinski definition) is 6. The summed E-state index contributed by atoms with van der Waals surface area (Å²) in [6.07, 6.45) is 13.2. The summed E-state index contributed by atoms with van der Waals surface area (Å²) in [5.74, 6) is -0.194. The molecule has 2 saturated heterocycles. The lowest BCUT2D eigenvalue weighted by Gasteiger charge is -2.28. The summed E-state index contributed by atoms with van der Waals surface area (Å²) in [4.78, 5) is 12.5. The number of hydrogen-bond donors (Lipinski definition) is 0. The molecule has 2 heterocycles. The molecule has 0 spiro atoms. The van der Waals surface area contributed by atoms with E-state index in [1.54, 1.807) is 6.08 Å². The van der Waals surface area contributed by atoms with E-state index in [-0.39, 0.29) is 18.5 Å². The molecule has 2 fully saturated rings. The highest BCUT2D eigenvalue weighted by Gasteiger charge is 2.35. The minimum absolute atomic E-state index is 0.0540. The SMILES string of the molecule is C=CC(CCCCOC1CCCCO1)(CCCCOC1CCCCO1)C(=O)OC. The van der Waals surface area contributed by atoms with Gasteiger partial charge in [-0.2, -0.15) is 0 Å². The Balaban J connectivity index is 1.65. The van der Waals surface area contributed by atoms with Crippen molar-refractivity contribution < 1.29 is 28.5 Å². The van der Waals surface area contributed by atoms with Crippen LogP contribution in [0.15, 0.2) is 12.7 Å². The lowest BCUT2D eigenvalue weighted by molar-refractivity contribution is -0.163. The average molecular weight is 413 g/mol. The van der Waals surface area contributed by atoms with Crippen molar-refractivity contribution >= 4 is 5.97 Å². The van der Waals surface area contributed by atoms with Crippen molar-refractivity contribution in [1.82, 2.24) is 0 Å². The van der Waals surface area contributed by atoms with Gasteiger partial charge >= 0.3 is 5.97 Å². The maximum absolute atomic E-state index is 12.5. The second-order valence-electron chi connectivity index (χ2n) is 8.10. The Labute approximate surface area is 176 Å². The summed E-state index contributed by atoms with van der Waals surface area (Å²) in [5, 5.41) is 0. The van der Waals surface area contributed by atoms with Gasteiger partial charge in [-0.25, -0.2) is 0 Å². The van der Waals surface area contributed by atoms with Crippen LogP contribution in [0.2, 0.25) is 0 Å². The zero-order valence-corrected chi connectivity index (χ0v) is 18.2. The molecule has 168 valence electrons. The number of ether oxygens (including phenoxy) is 5. The van der Waals surface area contributed by atoms with Crippen molar-refractivity contribution in [3.8, 4) is 0 Å². The van der Waals surface area contributed by atoms with Gasteiger partial charge < -0.3 is 23.7 Å². The molecule has 0 aromatic carbocycles. The van der Waals surface area contributed by atoms with E-state index < -0.39 is 5.41 Å². The van der Waals surface area contributed by atoms with Crippen LogP contribution in [0.3, 0.4) is 0 Å². The average Bonchev–Trinajstić information content (AvgIpc) is 2.78. The molecular weight excluding hydrogens is 372 g/mol. The maximum Gasteiger partial charge on any atom is 0.315 e. The normalized spacial score (nSPS) is 24.6. The van der Waals surface area contributed by atoms with E-state index in [1.165, 1.54) is 20.0 Å². The largest absolute Gasteiger partial charge is 0.468 e. The summed E-state index contributed by atoms with van der Waals surface area (Å²) >= 11 is 0. The lowest BCUT2D eigenvalue weighted by atomic mass is 9.78. The van der Waals surface area contributed by atoms with Crippen LogP contribution in [0.25, 0.3) is 0 Å². The molecule has 0 N–H and O–H groups in total. The molecule has 29 heavy (non-hydrogen) atoms. The lowest BCUT2D eigenvalue weighted by Crippen LogP contribution is -2.31. The second kappa shape index (κ2) is 14.1. The van der Waals surface area contributed by atoms with E-state index in [9.17, 15) is 4.79 Å². The van der Waals surface area contributed by atoms with Gasteiger partial charge in [0.05, 0.1) is 12.5 Å². The standard InChI is InChI=1S/C23H40O6/c1-3-23(22(24)25-2,14-6-10-18-28-20-12-4-8-16-26-20)15-7-11-19-29-21-13-5-9-17-27-21/h3,20-21H,1,4-19H2,2H3. The van der Waals surface area contributed by atoms with Crippen LogP contribution >= 0.6 is 0 Å². The molecule has 2 atom stereocenters. The summed E-state index contributed by atoms with van der Waals surface area (Å²) in [6.45, 7) is 6.86. The van der Waals surface area contributed by atoms with Crippen LogP contribution in [-0.2, 0) is 28.5 Å². The highest BCUT2D eigenvalue weighted by molar-refractivity contribution is 5.78. The Morgan fingerprint density at radius 1 is 0.931 bits per heavy atom. The predicted molar refractivity (Wildman–Crippen MR) is 111 cm³/mol. The van der Waals surface area contributed by atoms with Crippen molar-refractivity contribution in [2.75, 3.05) is 33.5 Å². The van der Waals surface area contributed by atoms with E-state index in [4.69, 9.17) is 23.7 Å². The topological polar surface area (TPSA) is 63.2 Å². The number of rotatable bonds is 14. The Bertz CT molecular complexity index is 426. The van der Waals surface area contributed by atoms with Gasteiger partial charge in [-0.1, -0.05) is 6.08 Å². The zero-order chi connectivity index (χ0) is 20.8. The van der Waals surface area contributed by atoms with Gasteiger partial charge in [0.1, 0.15) is 0 Å². The molecule has 0 aliphatic carbocycles. The van der Waals surface area contributed by atoms with E-state index in [0.29, 0.717) is 13.2 Å². The van der Waals surface area contributed by atoms with Crippen molar-refractivity contribution in [3.05, 3.63) is 12.7 Å². The summed E-state index contributed by atoms with van der Waals surface area (Å²) in [7, 11) is 1.45. The first-order chi connectivity index (χ1) is 14.2. The van der Waals surface area contributed by atoms with Crippen molar-refractivity contribution in [2.24, 2.45) is 5.41 Å². The van der Waals surface area contributed by atoms with Crippen molar-refractivity contribution in [1.29, 1.82) is 0 Å². The zero-order valence-electron chi connectivity index (χ0n) is 18.2. The van der Waals surface area contributed by atoms with Gasteiger partial charge in [0.2, 0.25) is 0 Å². The molecule has 2 rings (SSSR count). The van der Waals surface area contributed by atoms with E-state index in [0.717, 1.165) is 77.4 Å². The summed E-state index contributed by atoms with van der Waals surface area (Å²) in [5.41, 5.74) is -0.628. The van der Waals surface area contributed by atoms with Crippen LogP contribution in [-0.4, -0.2) is 52.1 Å². The molecule has 0 amide bonds. The van der Waals surface area contributed by atoms with Gasteiger partial charge in [-0.05, 0) is 77.0 Å². The van der Waals surface area contributed by atoms with Gasteiger partial charge in [0.25, 0.3) is 0 Å². The fourth-order valence-corrected chi connectivity index (χ4v) is 4.02. The number of unbranched alkanes of at least 4 members (excludes halogenated alkanes) is 2. The first kappa shape index (κ1) is 24.3. The highest BCUT2D eigenvalue weighted by atomic mass is 16.7. The minimum Gasteiger partial charge on any atom is -0.468 e. The third-order valence-electron chi connectivity index (χ3n) is 5.90. The maximum atomic E-state index is 12.5. The third-order valence-corrected chi connectivity index (χ3v) is 5.90. The minimum atomic E-state index is -0.628. The van der Waals surface area contributed by atoms with E-state index in [1.807, 2.05) is 0 Å². The first-order valence-corrected chi connectivity index (χ1v) is 11.4. The van der Waals surface area contributed by atoms with Crippen molar-refractivity contribution in [2.45, 2.75) is 89.6 Å².